The van der Waals surface area contributed by atoms with Crippen LogP contribution in [0.5, 0.6) is 5.75 Å². The molecule has 0 N–H and O–H groups in total. The molecule has 7 nitrogen and oxygen atoms in total. The fourth-order valence-corrected chi connectivity index (χ4v) is 5.66. The highest BCUT2D eigenvalue weighted by atomic mass is 19.2. The number of piperazine rings is 1. The van der Waals surface area contributed by atoms with Crippen LogP contribution in [0, 0.1) is 11.6 Å². The van der Waals surface area contributed by atoms with Crippen molar-refractivity contribution in [3.63, 3.8) is 0 Å². The Morgan fingerprint density at radius 1 is 1.10 bits per heavy atom. The summed E-state index contributed by atoms with van der Waals surface area (Å²) in [6, 6.07) is 11.3. The lowest BCUT2D eigenvalue weighted by Crippen LogP contribution is -2.58. The maximum absolute atomic E-state index is 15.3. The van der Waals surface area contributed by atoms with Gasteiger partial charge in [0.1, 0.15) is 5.56 Å². The van der Waals surface area contributed by atoms with E-state index in [0.717, 1.165) is 45.1 Å². The summed E-state index contributed by atoms with van der Waals surface area (Å²) in [5, 5.41) is -0.0846. The minimum Gasteiger partial charge on any atom is -0.488 e. The fraction of sp³-hybridized carbons (Fsp3) is 0.500. The molecule has 1 aliphatic carbocycles. The van der Waals surface area contributed by atoms with Crippen molar-refractivity contribution in [3.8, 4) is 5.75 Å². The van der Waals surface area contributed by atoms with Gasteiger partial charge in [-0.25, -0.2) is 9.18 Å². The summed E-state index contributed by atoms with van der Waals surface area (Å²) < 4.78 is 43.0. The van der Waals surface area contributed by atoms with Crippen molar-refractivity contribution in [2.24, 2.45) is 0 Å². The van der Waals surface area contributed by atoms with Crippen molar-refractivity contribution in [1.29, 1.82) is 0 Å². The number of nitrogens with zero attached hydrogens (tertiary/aromatic N) is 3. The van der Waals surface area contributed by atoms with Crippen molar-refractivity contribution >= 4 is 16.9 Å². The minimum atomic E-state index is -1.18. The Kier molecular flexibility index (Phi) is 8.47. The third-order valence-electron chi connectivity index (χ3n) is 8.08. The quantitative estimate of drug-likeness (QED) is 0.316. The first-order valence-electron chi connectivity index (χ1n) is 14.5. The molecule has 2 heterocycles. The van der Waals surface area contributed by atoms with E-state index >= 15 is 4.39 Å². The first-order valence-corrected chi connectivity index (χ1v) is 14.5. The van der Waals surface area contributed by atoms with Gasteiger partial charge in [-0.05, 0) is 58.6 Å². The van der Waals surface area contributed by atoms with Crippen LogP contribution in [0.2, 0.25) is 0 Å². The molecule has 3 aromatic rings. The number of esters is 1. The third-order valence-corrected chi connectivity index (χ3v) is 8.08. The van der Waals surface area contributed by atoms with E-state index in [9.17, 15) is 14.0 Å². The van der Waals surface area contributed by atoms with Gasteiger partial charge in [-0.3, -0.25) is 14.6 Å². The van der Waals surface area contributed by atoms with Crippen LogP contribution in [0.25, 0.3) is 10.9 Å². The SMILES string of the molecule is CCOC(=O)c1cn(C2CC2)c2c(OCCC3CN(C(C)(C)C)CCN3Cc3ccccc3)c(F)c(F)cc2c1=O. The Bertz CT molecular complexity index is 1460. The zero-order valence-corrected chi connectivity index (χ0v) is 24.3. The fourth-order valence-electron chi connectivity index (χ4n) is 5.66. The molecular weight excluding hydrogens is 528 g/mol. The average molecular weight is 568 g/mol. The molecule has 0 bridgehead atoms. The molecule has 0 amide bonds. The van der Waals surface area contributed by atoms with E-state index in [2.05, 4.69) is 42.7 Å². The number of aromatic nitrogens is 1. The van der Waals surface area contributed by atoms with Gasteiger partial charge in [-0.1, -0.05) is 30.3 Å². The lowest BCUT2D eigenvalue weighted by Gasteiger charge is -2.47. The number of hydrogen-bond donors (Lipinski definition) is 0. The van der Waals surface area contributed by atoms with Gasteiger partial charge in [0.15, 0.2) is 11.6 Å². The smallest absolute Gasteiger partial charge is 0.343 e. The highest BCUT2D eigenvalue weighted by Gasteiger charge is 2.34. The minimum absolute atomic E-state index is 0.000220. The van der Waals surface area contributed by atoms with Crippen LogP contribution in [0.1, 0.15) is 68.9 Å². The van der Waals surface area contributed by atoms with Crippen LogP contribution in [0.4, 0.5) is 8.78 Å². The number of halogens is 2. The van der Waals surface area contributed by atoms with Gasteiger partial charge in [0.2, 0.25) is 11.2 Å². The van der Waals surface area contributed by atoms with Crippen molar-refractivity contribution in [3.05, 3.63) is 75.6 Å². The maximum atomic E-state index is 15.3. The molecular formula is C32H39F2N3O4. The van der Waals surface area contributed by atoms with Crippen LogP contribution in [-0.4, -0.2) is 64.8 Å². The topological polar surface area (TPSA) is 64.0 Å². The third kappa shape index (κ3) is 6.31. The molecule has 2 aromatic carbocycles. The maximum Gasteiger partial charge on any atom is 0.343 e. The zero-order chi connectivity index (χ0) is 29.3. The Morgan fingerprint density at radius 3 is 2.49 bits per heavy atom. The van der Waals surface area contributed by atoms with Crippen molar-refractivity contribution in [2.75, 3.05) is 32.8 Å². The lowest BCUT2D eigenvalue weighted by atomic mass is 10.00. The number of carbonyl (C=O) groups is 1. The number of hydrogen-bond acceptors (Lipinski definition) is 6. The largest absolute Gasteiger partial charge is 0.488 e. The zero-order valence-electron chi connectivity index (χ0n) is 24.3. The van der Waals surface area contributed by atoms with E-state index in [-0.39, 0.29) is 53.1 Å². The molecule has 220 valence electrons. The second kappa shape index (κ2) is 11.9. The van der Waals surface area contributed by atoms with E-state index < -0.39 is 23.0 Å². The molecule has 2 fully saturated rings. The van der Waals surface area contributed by atoms with E-state index in [1.807, 2.05) is 18.2 Å². The highest BCUT2D eigenvalue weighted by Crippen LogP contribution is 2.40. The monoisotopic (exact) mass is 567 g/mol. The Hall–Kier alpha value is -3.30. The molecule has 2 aliphatic rings. The van der Waals surface area contributed by atoms with Crippen molar-refractivity contribution in [2.45, 2.75) is 71.1 Å². The van der Waals surface area contributed by atoms with Gasteiger partial charge < -0.3 is 14.0 Å². The van der Waals surface area contributed by atoms with E-state index in [4.69, 9.17) is 9.47 Å². The molecule has 0 spiro atoms. The van der Waals surface area contributed by atoms with Gasteiger partial charge in [-0.15, -0.1) is 0 Å². The summed E-state index contributed by atoms with van der Waals surface area (Å²) in [6.07, 6.45) is 3.61. The van der Waals surface area contributed by atoms with Crippen LogP contribution in [-0.2, 0) is 11.3 Å². The Balaban J connectivity index is 1.44. The first kappa shape index (κ1) is 29.2. The molecule has 9 heteroatoms. The standard InChI is InChI=1S/C32H39F2N3O4/c1-5-40-31(39)25-20-37(22-11-12-22)28-24(29(25)38)17-26(33)27(34)30(28)41-16-13-23-19-36(32(2,3)4)15-14-35(23)18-21-9-7-6-8-10-21/h6-10,17,20,22-23H,5,11-16,18-19H2,1-4H3. The number of pyridine rings is 1. The van der Waals surface area contributed by atoms with Crippen LogP contribution < -0.4 is 10.2 Å². The molecule has 41 heavy (non-hydrogen) atoms. The summed E-state index contributed by atoms with van der Waals surface area (Å²) in [6.45, 7) is 11.9. The summed E-state index contributed by atoms with van der Waals surface area (Å²) in [4.78, 5) is 30.6. The summed E-state index contributed by atoms with van der Waals surface area (Å²) >= 11 is 0. The molecule has 0 radical (unpaired) electrons. The molecule has 1 saturated carbocycles. The molecule has 1 aromatic heterocycles. The molecule has 1 aliphatic heterocycles. The van der Waals surface area contributed by atoms with E-state index in [1.165, 1.54) is 11.8 Å². The van der Waals surface area contributed by atoms with Gasteiger partial charge in [0.05, 0.1) is 24.1 Å². The van der Waals surface area contributed by atoms with Gasteiger partial charge in [0, 0.05) is 50.0 Å². The van der Waals surface area contributed by atoms with Crippen LogP contribution in [0.15, 0.2) is 47.4 Å². The summed E-state index contributed by atoms with van der Waals surface area (Å²) in [5.74, 6) is -3.37. The average Bonchev–Trinajstić information content (AvgIpc) is 3.78. The summed E-state index contributed by atoms with van der Waals surface area (Å²) in [7, 11) is 0. The second-order valence-corrected chi connectivity index (χ2v) is 12.0. The van der Waals surface area contributed by atoms with E-state index in [1.54, 1.807) is 11.5 Å². The van der Waals surface area contributed by atoms with Crippen LogP contribution in [0.3, 0.4) is 0 Å². The molecule has 5 rings (SSSR count). The normalized spacial score (nSPS) is 18.5. The predicted octanol–water partition coefficient (Wildman–Crippen LogP) is 5.55. The Labute approximate surface area is 239 Å². The second-order valence-electron chi connectivity index (χ2n) is 12.0. The molecule has 1 unspecified atom stereocenters. The van der Waals surface area contributed by atoms with Gasteiger partial charge >= 0.3 is 5.97 Å². The first-order chi connectivity index (χ1) is 19.6. The number of ether oxygens (including phenoxy) is 2. The number of carbonyl (C=O) groups excluding carboxylic acids is 1. The van der Waals surface area contributed by atoms with Crippen LogP contribution >= 0.6 is 0 Å². The number of benzene rings is 2. The Morgan fingerprint density at radius 2 is 1.83 bits per heavy atom. The van der Waals surface area contributed by atoms with Crippen molar-refractivity contribution in [1.82, 2.24) is 14.4 Å². The van der Waals surface area contributed by atoms with E-state index in [0.29, 0.717) is 6.42 Å². The highest BCUT2D eigenvalue weighted by molar-refractivity contribution is 5.95. The predicted molar refractivity (Wildman–Crippen MR) is 154 cm³/mol. The van der Waals surface area contributed by atoms with Gasteiger partial charge in [-0.2, -0.15) is 4.39 Å². The number of rotatable bonds is 9. The van der Waals surface area contributed by atoms with Crippen molar-refractivity contribution < 1.29 is 23.0 Å². The van der Waals surface area contributed by atoms with Gasteiger partial charge in [0.25, 0.3) is 0 Å². The summed E-state index contributed by atoms with van der Waals surface area (Å²) in [5.41, 5.74) is 0.520. The molecule has 1 atom stereocenters. The number of fused-ring (bicyclic) bond motifs is 1. The molecule has 1 saturated heterocycles. The lowest BCUT2D eigenvalue weighted by molar-refractivity contribution is 0.0103.